The van der Waals surface area contributed by atoms with Gasteiger partial charge in [-0.15, -0.1) is 22.6 Å². The van der Waals surface area contributed by atoms with Crippen molar-refractivity contribution in [3.8, 4) is 0 Å². The van der Waals surface area contributed by atoms with E-state index in [0.29, 0.717) is 22.1 Å². The molecule has 0 aliphatic carbocycles. The first kappa shape index (κ1) is 20.1. The van der Waals surface area contributed by atoms with Crippen molar-refractivity contribution in [3.05, 3.63) is 0 Å². The van der Waals surface area contributed by atoms with Crippen LogP contribution in [0.1, 0.15) is 26.7 Å². The molecule has 2 heterocycles. The summed E-state index contributed by atoms with van der Waals surface area (Å²) in [5.74, 6) is -0.0819. The number of thioether (sulfide) groups is 1. The molecule has 1 amide bonds. The molecule has 0 aromatic carbocycles. The highest BCUT2D eigenvalue weighted by molar-refractivity contribution is 8.01. The van der Waals surface area contributed by atoms with Gasteiger partial charge in [-0.3, -0.25) is 9.59 Å². The van der Waals surface area contributed by atoms with E-state index in [9.17, 15) is 9.59 Å². The molecule has 0 spiro atoms. The van der Waals surface area contributed by atoms with Crippen LogP contribution in [0.3, 0.4) is 0 Å². The van der Waals surface area contributed by atoms with Gasteiger partial charge in [-0.25, -0.2) is 0 Å². The molecule has 0 radical (unpaired) electrons. The number of hydrogen-bond acceptors (Lipinski definition) is 8. The van der Waals surface area contributed by atoms with Crippen molar-refractivity contribution in [2.45, 2.75) is 37.1 Å². The maximum absolute atomic E-state index is 12.2. The van der Waals surface area contributed by atoms with Gasteiger partial charge in [0.15, 0.2) is 4.34 Å². The normalized spacial score (nSPS) is 20.4. The first-order chi connectivity index (χ1) is 10.6. The molecule has 1 aromatic rings. The molecule has 0 unspecified atom stereocenters. The van der Waals surface area contributed by atoms with Crippen molar-refractivity contribution in [2.75, 3.05) is 24.2 Å². The fraction of sp³-hybridized carbons (Fsp3) is 0.692. The van der Waals surface area contributed by atoms with Gasteiger partial charge in [-0.05, 0) is 33.2 Å². The van der Waals surface area contributed by atoms with Crippen LogP contribution in [0, 0.1) is 5.92 Å². The molecule has 23 heavy (non-hydrogen) atoms. The molecule has 2 rings (SSSR count). The van der Waals surface area contributed by atoms with E-state index in [1.54, 1.807) is 6.92 Å². The van der Waals surface area contributed by atoms with Crippen molar-refractivity contribution in [1.29, 1.82) is 0 Å². The number of hydrogen-bond donors (Lipinski definition) is 2. The Morgan fingerprint density at radius 2 is 2.26 bits per heavy atom. The molecule has 130 valence electrons. The van der Waals surface area contributed by atoms with Gasteiger partial charge in [-0.2, -0.15) is 0 Å². The van der Waals surface area contributed by atoms with Crippen molar-refractivity contribution >= 4 is 52.5 Å². The molecule has 1 aliphatic rings. The van der Waals surface area contributed by atoms with Crippen molar-refractivity contribution in [2.24, 2.45) is 5.92 Å². The molecular weight excluding hydrogens is 360 g/mol. The Hall–Kier alpha value is -0.900. The van der Waals surface area contributed by atoms with Gasteiger partial charge in [0.1, 0.15) is 0 Å². The monoisotopic (exact) mass is 380 g/mol. The molecule has 1 saturated heterocycles. The first-order valence-corrected chi connectivity index (χ1v) is 9.05. The molecule has 7 nitrogen and oxygen atoms in total. The summed E-state index contributed by atoms with van der Waals surface area (Å²) in [6.45, 7) is 5.07. The predicted octanol–water partition coefficient (Wildman–Crippen LogP) is 1.94. The van der Waals surface area contributed by atoms with Crippen LogP contribution in [0.4, 0.5) is 5.13 Å². The summed E-state index contributed by atoms with van der Waals surface area (Å²) in [4.78, 5) is 23.5. The van der Waals surface area contributed by atoms with Crippen LogP contribution < -0.4 is 10.6 Å². The Kier molecular flexibility index (Phi) is 8.82. The standard InChI is InChI=1S/C13H20N4O3S2.ClH/c1-3-20-10(18)7-21-13-17-16-12(22-13)15-11(19)9-4-5-14-8(2)6-9;/h8-9,14H,3-7H2,1-2H3,(H,15,16,19);1H/t8-,9-;/m0./s1. The van der Waals surface area contributed by atoms with E-state index in [-0.39, 0.29) is 36.0 Å². The van der Waals surface area contributed by atoms with Crippen LogP contribution in [0.2, 0.25) is 0 Å². The molecule has 0 bridgehead atoms. The van der Waals surface area contributed by atoms with Crippen LogP contribution in [0.15, 0.2) is 4.34 Å². The van der Waals surface area contributed by atoms with E-state index in [2.05, 4.69) is 27.8 Å². The number of ether oxygens (including phenoxy) is 1. The number of anilines is 1. The molecule has 1 aliphatic heterocycles. The largest absolute Gasteiger partial charge is 0.465 e. The lowest BCUT2D eigenvalue weighted by Crippen LogP contribution is -2.40. The summed E-state index contributed by atoms with van der Waals surface area (Å²) in [5.41, 5.74) is 0. The van der Waals surface area contributed by atoms with E-state index in [0.717, 1.165) is 19.4 Å². The van der Waals surface area contributed by atoms with Crippen LogP contribution in [0.25, 0.3) is 0 Å². The number of amides is 1. The average Bonchev–Trinajstić information content (AvgIpc) is 2.93. The molecule has 0 saturated carbocycles. The topological polar surface area (TPSA) is 93.2 Å². The average molecular weight is 381 g/mol. The van der Waals surface area contributed by atoms with E-state index in [1.807, 2.05) is 0 Å². The van der Waals surface area contributed by atoms with Gasteiger partial charge in [0.05, 0.1) is 12.4 Å². The summed E-state index contributed by atoms with van der Waals surface area (Å²) in [7, 11) is 0. The second kappa shape index (κ2) is 10.1. The lowest BCUT2D eigenvalue weighted by atomic mass is 9.93. The van der Waals surface area contributed by atoms with Gasteiger partial charge >= 0.3 is 5.97 Å². The number of nitrogens with zero attached hydrogens (tertiary/aromatic N) is 2. The molecule has 2 N–H and O–H groups in total. The molecular formula is C13H21ClN4O3S2. The minimum absolute atomic E-state index is 0. The number of esters is 1. The second-order valence-electron chi connectivity index (χ2n) is 5.03. The molecule has 10 heteroatoms. The minimum atomic E-state index is -0.281. The zero-order valence-corrected chi connectivity index (χ0v) is 15.5. The van der Waals surface area contributed by atoms with Gasteiger partial charge in [-0.1, -0.05) is 23.1 Å². The van der Waals surface area contributed by atoms with E-state index in [4.69, 9.17) is 4.74 Å². The molecule has 1 aromatic heterocycles. The van der Waals surface area contributed by atoms with Crippen molar-refractivity contribution in [3.63, 3.8) is 0 Å². The highest BCUT2D eigenvalue weighted by Crippen LogP contribution is 2.26. The minimum Gasteiger partial charge on any atom is -0.465 e. The maximum atomic E-state index is 12.2. The second-order valence-corrected chi connectivity index (χ2v) is 7.23. The van der Waals surface area contributed by atoms with E-state index in [1.165, 1.54) is 23.1 Å². The number of aromatic nitrogens is 2. The third-order valence-electron chi connectivity index (χ3n) is 3.25. The number of nitrogens with one attached hydrogen (secondary N) is 2. The van der Waals surface area contributed by atoms with Crippen LogP contribution in [0.5, 0.6) is 0 Å². The summed E-state index contributed by atoms with van der Waals surface area (Å²) in [6.07, 6.45) is 1.66. The fourth-order valence-corrected chi connectivity index (χ4v) is 3.77. The number of piperidine rings is 1. The Bertz CT molecular complexity index is 529. The summed E-state index contributed by atoms with van der Waals surface area (Å²) >= 11 is 2.53. The van der Waals surface area contributed by atoms with Gasteiger partial charge in [0.2, 0.25) is 11.0 Å². The number of rotatable bonds is 6. The quantitative estimate of drug-likeness (QED) is 0.442. The smallest absolute Gasteiger partial charge is 0.316 e. The third-order valence-corrected chi connectivity index (χ3v) is 5.20. The Morgan fingerprint density at radius 1 is 1.48 bits per heavy atom. The number of halogens is 1. The number of carbonyl (C=O) groups is 2. The number of carbonyl (C=O) groups excluding carboxylic acids is 2. The van der Waals surface area contributed by atoms with Gasteiger partial charge in [0, 0.05) is 12.0 Å². The van der Waals surface area contributed by atoms with Crippen LogP contribution >= 0.6 is 35.5 Å². The summed E-state index contributed by atoms with van der Waals surface area (Å²) in [5, 5.41) is 14.5. The molecule has 2 atom stereocenters. The van der Waals surface area contributed by atoms with E-state index < -0.39 is 0 Å². The highest BCUT2D eigenvalue weighted by atomic mass is 35.5. The van der Waals surface area contributed by atoms with Crippen LogP contribution in [-0.2, 0) is 14.3 Å². The SMILES string of the molecule is CCOC(=O)CSc1nnc(NC(=O)[C@H]2CCN[C@@H](C)C2)s1.Cl. The Labute approximate surface area is 149 Å². The van der Waals surface area contributed by atoms with Gasteiger partial charge in [0.25, 0.3) is 0 Å². The van der Waals surface area contributed by atoms with Crippen molar-refractivity contribution < 1.29 is 14.3 Å². The summed E-state index contributed by atoms with van der Waals surface area (Å²) < 4.78 is 5.49. The summed E-state index contributed by atoms with van der Waals surface area (Å²) in [6, 6.07) is 0.356. The molecule has 1 fully saturated rings. The predicted molar refractivity (Wildman–Crippen MR) is 93.3 cm³/mol. The van der Waals surface area contributed by atoms with E-state index >= 15 is 0 Å². The van der Waals surface area contributed by atoms with Crippen LogP contribution in [-0.4, -0.2) is 47.0 Å². The highest BCUT2D eigenvalue weighted by Gasteiger charge is 2.25. The maximum Gasteiger partial charge on any atom is 0.316 e. The van der Waals surface area contributed by atoms with Crippen molar-refractivity contribution in [1.82, 2.24) is 15.5 Å². The Morgan fingerprint density at radius 3 is 2.96 bits per heavy atom. The third kappa shape index (κ3) is 6.62. The zero-order chi connectivity index (χ0) is 15.9. The Balaban J connectivity index is 0.00000264. The fourth-order valence-electron chi connectivity index (χ4n) is 2.22. The first-order valence-electron chi connectivity index (χ1n) is 7.24. The van der Waals surface area contributed by atoms with Gasteiger partial charge < -0.3 is 15.4 Å². The zero-order valence-electron chi connectivity index (χ0n) is 13.0. The lowest BCUT2D eigenvalue weighted by Gasteiger charge is -2.26. The lowest BCUT2D eigenvalue weighted by molar-refractivity contribution is -0.139.